The predicted molar refractivity (Wildman–Crippen MR) is 103 cm³/mol. The molecule has 3 rings (SSSR count). The van der Waals surface area contributed by atoms with Crippen molar-refractivity contribution in [3.8, 4) is 11.3 Å². The van der Waals surface area contributed by atoms with Crippen LogP contribution in [0.5, 0.6) is 0 Å². The Kier molecular flexibility index (Phi) is 5.99. The molecule has 0 aliphatic rings. The molecule has 134 valence electrons. The van der Waals surface area contributed by atoms with Crippen molar-refractivity contribution in [2.24, 2.45) is 0 Å². The van der Waals surface area contributed by atoms with E-state index in [2.05, 4.69) is 20.6 Å². The van der Waals surface area contributed by atoms with Gasteiger partial charge in [0.15, 0.2) is 0 Å². The second-order valence-electron chi connectivity index (χ2n) is 5.50. The van der Waals surface area contributed by atoms with Crippen molar-refractivity contribution < 1.29 is 9.13 Å². The van der Waals surface area contributed by atoms with Crippen LogP contribution in [0, 0.1) is 5.82 Å². The van der Waals surface area contributed by atoms with E-state index in [1.165, 1.54) is 12.1 Å². The van der Waals surface area contributed by atoms with Crippen molar-refractivity contribution in [3.05, 3.63) is 65.4 Å². The molecule has 0 spiro atoms. The topological polar surface area (TPSA) is 59.1 Å². The third kappa shape index (κ3) is 4.68. The summed E-state index contributed by atoms with van der Waals surface area (Å²) in [5.41, 5.74) is 2.36. The van der Waals surface area contributed by atoms with Gasteiger partial charge < -0.3 is 15.4 Å². The van der Waals surface area contributed by atoms with Crippen LogP contribution in [0.4, 0.5) is 21.8 Å². The van der Waals surface area contributed by atoms with Gasteiger partial charge in [-0.15, -0.1) is 0 Å². The number of aromatic nitrogens is 2. The van der Waals surface area contributed by atoms with E-state index in [-0.39, 0.29) is 5.02 Å². The Bertz CT molecular complexity index is 877. The predicted octanol–water partition coefficient (Wildman–Crippen LogP) is 4.74. The first-order valence-corrected chi connectivity index (χ1v) is 8.43. The van der Waals surface area contributed by atoms with Crippen molar-refractivity contribution >= 4 is 29.1 Å². The molecule has 3 aromatic rings. The average Bonchev–Trinajstić information content (AvgIpc) is 2.66. The monoisotopic (exact) mass is 372 g/mol. The smallest absolute Gasteiger partial charge is 0.225 e. The summed E-state index contributed by atoms with van der Waals surface area (Å²) >= 11 is 5.85. The molecule has 0 radical (unpaired) electrons. The van der Waals surface area contributed by atoms with Crippen molar-refractivity contribution in [2.75, 3.05) is 30.9 Å². The van der Waals surface area contributed by atoms with E-state index in [1.54, 1.807) is 13.2 Å². The highest BCUT2D eigenvalue weighted by molar-refractivity contribution is 6.31. The molecule has 26 heavy (non-hydrogen) atoms. The van der Waals surface area contributed by atoms with E-state index in [1.807, 2.05) is 36.4 Å². The molecular formula is C19H18ClFN4O. The van der Waals surface area contributed by atoms with E-state index in [9.17, 15) is 4.39 Å². The Labute approximate surface area is 156 Å². The van der Waals surface area contributed by atoms with Gasteiger partial charge in [0.1, 0.15) is 11.6 Å². The molecule has 1 aromatic heterocycles. The summed E-state index contributed by atoms with van der Waals surface area (Å²) in [6, 6.07) is 16.0. The Balaban J connectivity index is 1.91. The van der Waals surface area contributed by atoms with Gasteiger partial charge >= 0.3 is 0 Å². The Morgan fingerprint density at radius 3 is 2.62 bits per heavy atom. The van der Waals surface area contributed by atoms with Crippen molar-refractivity contribution in [3.63, 3.8) is 0 Å². The average molecular weight is 373 g/mol. The molecule has 0 unspecified atom stereocenters. The number of ether oxygens (including phenoxy) is 1. The molecule has 0 saturated heterocycles. The van der Waals surface area contributed by atoms with Gasteiger partial charge in [0.25, 0.3) is 0 Å². The normalized spacial score (nSPS) is 10.6. The number of hydrogen-bond donors (Lipinski definition) is 2. The molecule has 0 aliphatic heterocycles. The quantitative estimate of drug-likeness (QED) is 0.587. The minimum atomic E-state index is -0.466. The Morgan fingerprint density at radius 1 is 1.08 bits per heavy atom. The molecule has 0 aliphatic carbocycles. The van der Waals surface area contributed by atoms with E-state index < -0.39 is 5.82 Å². The number of hydrogen-bond acceptors (Lipinski definition) is 5. The highest BCUT2D eigenvalue weighted by Crippen LogP contribution is 2.25. The van der Waals surface area contributed by atoms with Crippen LogP contribution < -0.4 is 10.6 Å². The molecule has 2 N–H and O–H groups in total. The molecule has 2 aromatic carbocycles. The zero-order valence-corrected chi connectivity index (χ0v) is 14.9. The molecular weight excluding hydrogens is 355 g/mol. The first-order valence-electron chi connectivity index (χ1n) is 8.05. The lowest BCUT2D eigenvalue weighted by Crippen LogP contribution is -2.11. The second kappa shape index (κ2) is 8.60. The largest absolute Gasteiger partial charge is 0.383 e. The van der Waals surface area contributed by atoms with Gasteiger partial charge in [0.2, 0.25) is 5.95 Å². The van der Waals surface area contributed by atoms with E-state index in [0.29, 0.717) is 30.6 Å². The summed E-state index contributed by atoms with van der Waals surface area (Å²) in [7, 11) is 1.63. The summed E-state index contributed by atoms with van der Waals surface area (Å²) in [6.45, 7) is 1.12. The minimum absolute atomic E-state index is 0.0470. The lowest BCUT2D eigenvalue weighted by atomic mass is 10.1. The van der Waals surface area contributed by atoms with Crippen molar-refractivity contribution in [2.45, 2.75) is 0 Å². The maximum absolute atomic E-state index is 13.4. The zero-order chi connectivity index (χ0) is 18.4. The lowest BCUT2D eigenvalue weighted by molar-refractivity contribution is 0.210. The van der Waals surface area contributed by atoms with Crippen LogP contribution in [0.3, 0.4) is 0 Å². The third-order valence-electron chi connectivity index (χ3n) is 3.58. The summed E-state index contributed by atoms with van der Waals surface area (Å²) in [4.78, 5) is 9.00. The maximum atomic E-state index is 13.4. The zero-order valence-electron chi connectivity index (χ0n) is 14.2. The number of benzene rings is 2. The first kappa shape index (κ1) is 18.1. The van der Waals surface area contributed by atoms with E-state index >= 15 is 0 Å². The van der Waals surface area contributed by atoms with Crippen LogP contribution in [0.2, 0.25) is 5.02 Å². The van der Waals surface area contributed by atoms with Crippen molar-refractivity contribution in [1.29, 1.82) is 0 Å². The van der Waals surface area contributed by atoms with E-state index in [4.69, 9.17) is 16.3 Å². The SMILES string of the molecule is COCCNc1nc(Nc2ccc(F)c(Cl)c2)cc(-c2ccccc2)n1. The van der Waals surface area contributed by atoms with Gasteiger partial charge in [-0.25, -0.2) is 9.37 Å². The molecule has 0 bridgehead atoms. The summed E-state index contributed by atoms with van der Waals surface area (Å²) < 4.78 is 18.4. The first-order chi connectivity index (χ1) is 12.7. The maximum Gasteiger partial charge on any atom is 0.225 e. The standard InChI is InChI=1S/C19H18ClFN4O/c1-26-10-9-22-19-24-17(13-5-3-2-4-6-13)12-18(25-19)23-14-7-8-16(21)15(20)11-14/h2-8,11-12H,9-10H2,1H3,(H2,22,23,24,25). The number of nitrogens with zero attached hydrogens (tertiary/aromatic N) is 2. The fourth-order valence-electron chi connectivity index (χ4n) is 2.33. The minimum Gasteiger partial charge on any atom is -0.383 e. The summed E-state index contributed by atoms with van der Waals surface area (Å²) in [5.74, 6) is 0.576. The Morgan fingerprint density at radius 2 is 1.88 bits per heavy atom. The van der Waals surface area contributed by atoms with Crippen LogP contribution in [0.15, 0.2) is 54.6 Å². The van der Waals surface area contributed by atoms with Gasteiger partial charge in [-0.1, -0.05) is 41.9 Å². The third-order valence-corrected chi connectivity index (χ3v) is 3.87. The van der Waals surface area contributed by atoms with Crippen LogP contribution in [-0.4, -0.2) is 30.2 Å². The fraction of sp³-hybridized carbons (Fsp3) is 0.158. The molecule has 0 fully saturated rings. The second-order valence-corrected chi connectivity index (χ2v) is 5.91. The van der Waals surface area contributed by atoms with E-state index in [0.717, 1.165) is 11.3 Å². The molecule has 0 amide bonds. The van der Waals surface area contributed by atoms with Gasteiger partial charge in [0, 0.05) is 31.0 Å². The van der Waals surface area contributed by atoms with Crippen molar-refractivity contribution in [1.82, 2.24) is 9.97 Å². The molecule has 0 atom stereocenters. The fourth-order valence-corrected chi connectivity index (χ4v) is 2.51. The summed E-state index contributed by atoms with van der Waals surface area (Å²) in [6.07, 6.45) is 0. The number of methoxy groups -OCH3 is 1. The molecule has 1 heterocycles. The number of halogens is 2. The van der Waals surface area contributed by atoms with Gasteiger partial charge in [-0.2, -0.15) is 4.98 Å². The van der Waals surface area contributed by atoms with Crippen LogP contribution in [0.1, 0.15) is 0 Å². The van der Waals surface area contributed by atoms with Gasteiger partial charge in [-0.3, -0.25) is 0 Å². The lowest BCUT2D eigenvalue weighted by Gasteiger charge is -2.12. The van der Waals surface area contributed by atoms with Crippen LogP contribution in [-0.2, 0) is 4.74 Å². The molecule has 5 nitrogen and oxygen atoms in total. The molecule has 7 heteroatoms. The van der Waals surface area contributed by atoms with Gasteiger partial charge in [-0.05, 0) is 18.2 Å². The molecule has 0 saturated carbocycles. The van der Waals surface area contributed by atoms with Crippen LogP contribution in [0.25, 0.3) is 11.3 Å². The number of rotatable bonds is 7. The highest BCUT2D eigenvalue weighted by atomic mass is 35.5. The van der Waals surface area contributed by atoms with Crippen LogP contribution >= 0.6 is 11.6 Å². The number of nitrogens with one attached hydrogen (secondary N) is 2. The Hall–Kier alpha value is -2.70. The highest BCUT2D eigenvalue weighted by Gasteiger charge is 2.08. The number of anilines is 3. The van der Waals surface area contributed by atoms with Gasteiger partial charge in [0.05, 0.1) is 17.3 Å². The summed E-state index contributed by atoms with van der Waals surface area (Å²) in [5, 5.41) is 6.32.